The van der Waals surface area contributed by atoms with Gasteiger partial charge in [0.25, 0.3) is 0 Å². The molecule has 1 N–H and O–H groups in total. The van der Waals surface area contributed by atoms with Crippen molar-refractivity contribution in [3.05, 3.63) is 119 Å². The zero-order valence-electron chi connectivity index (χ0n) is 21.5. The summed E-state index contributed by atoms with van der Waals surface area (Å²) in [6, 6.07) is 30.7. The van der Waals surface area contributed by atoms with Gasteiger partial charge in [0.1, 0.15) is 24.6 Å². The quantitative estimate of drug-likeness (QED) is 0.0929. The van der Waals surface area contributed by atoms with Gasteiger partial charge in [0.15, 0.2) is 5.13 Å². The largest absolute Gasteiger partial charge is 0.432 e. The topological polar surface area (TPSA) is 72.8 Å². The first-order chi connectivity index (χ1) is 18.5. The molecule has 196 valence electrons. The molecule has 0 saturated carbocycles. The Balaban J connectivity index is 1.80. The summed E-state index contributed by atoms with van der Waals surface area (Å²) in [4.78, 5) is 22.9. The molecule has 0 fully saturated rings. The van der Waals surface area contributed by atoms with Gasteiger partial charge in [-0.05, 0) is 16.7 Å². The zero-order chi connectivity index (χ0) is 27.0. The number of nitrogens with one attached hydrogen (secondary N) is 1. The molecule has 0 bridgehead atoms. The zero-order valence-corrected chi connectivity index (χ0v) is 24.1. The van der Waals surface area contributed by atoms with Gasteiger partial charge in [-0.1, -0.05) is 122 Å². The Labute approximate surface area is 232 Å². The van der Waals surface area contributed by atoms with Crippen LogP contribution in [0.25, 0.3) is 0 Å². The number of carbonyl (C=O) groups is 1. The molecule has 0 atom stereocenters. The Kier molecular flexibility index (Phi) is 9.10. The van der Waals surface area contributed by atoms with E-state index < -0.39 is 17.8 Å². The second-order valence-corrected chi connectivity index (χ2v) is 14.4. The summed E-state index contributed by atoms with van der Waals surface area (Å²) in [6.45, 7) is 3.87. The molecular weight excluding hydrogens is 533 g/mol. The first-order valence-corrected chi connectivity index (χ1v) is 16.3. The molecule has 0 saturated heterocycles. The smallest absolute Gasteiger partial charge is 0.366 e. The van der Waals surface area contributed by atoms with E-state index in [0.717, 1.165) is 16.7 Å². The van der Waals surface area contributed by atoms with E-state index in [1.165, 1.54) is 18.4 Å². The Morgan fingerprint density at radius 3 is 1.82 bits per heavy atom. The van der Waals surface area contributed by atoms with Crippen LogP contribution < -0.4 is 5.32 Å². The summed E-state index contributed by atoms with van der Waals surface area (Å²) in [5, 5.41) is 10.1. The van der Waals surface area contributed by atoms with Crippen LogP contribution >= 0.6 is 17.6 Å². The van der Waals surface area contributed by atoms with Crippen LogP contribution in [0.3, 0.4) is 0 Å². The minimum atomic E-state index is -2.27. The molecule has 4 aromatic rings. The lowest BCUT2D eigenvalue weighted by Crippen LogP contribution is -2.38. The summed E-state index contributed by atoms with van der Waals surface area (Å²) in [5.74, 6) is -0.615. The number of anilines is 1. The van der Waals surface area contributed by atoms with E-state index in [-0.39, 0.29) is 5.71 Å². The molecule has 1 heterocycles. The first kappa shape index (κ1) is 27.7. The normalized spacial score (nSPS) is 12.1. The fourth-order valence-corrected chi connectivity index (χ4v) is 6.26. The lowest BCUT2D eigenvalue weighted by atomic mass is 9.77. The Bertz CT molecular complexity index is 1320. The van der Waals surface area contributed by atoms with Crippen molar-refractivity contribution >= 4 is 46.2 Å². The van der Waals surface area contributed by atoms with Crippen molar-refractivity contribution in [1.29, 1.82) is 0 Å². The van der Waals surface area contributed by atoms with Crippen LogP contribution in [0.15, 0.2) is 102 Å². The number of rotatable bonds is 11. The van der Waals surface area contributed by atoms with Gasteiger partial charge < -0.3 is 14.7 Å². The van der Waals surface area contributed by atoms with Crippen LogP contribution in [-0.4, -0.2) is 36.1 Å². The van der Waals surface area contributed by atoms with Crippen LogP contribution in [0, 0.1) is 0 Å². The minimum absolute atomic E-state index is 0.00217. The molecule has 0 aliphatic rings. The van der Waals surface area contributed by atoms with Gasteiger partial charge in [0, 0.05) is 17.7 Å². The minimum Gasteiger partial charge on any atom is -0.432 e. The lowest BCUT2D eigenvalue weighted by molar-refractivity contribution is -0.126. The molecule has 0 aliphatic heterocycles. The number of carbonyl (C=O) groups excluding carboxylic acids is 1. The van der Waals surface area contributed by atoms with Crippen LogP contribution in [0.5, 0.6) is 0 Å². The Hall–Kier alpha value is -3.32. The highest BCUT2D eigenvalue weighted by molar-refractivity contribution is 8.12. The van der Waals surface area contributed by atoms with Crippen molar-refractivity contribution in [2.45, 2.75) is 19.4 Å². The van der Waals surface area contributed by atoms with Crippen molar-refractivity contribution < 1.29 is 14.2 Å². The van der Waals surface area contributed by atoms with Gasteiger partial charge in [-0.3, -0.25) is 0 Å². The van der Waals surface area contributed by atoms with Crippen molar-refractivity contribution in [3.63, 3.8) is 0 Å². The average Bonchev–Trinajstić information content (AvgIpc) is 3.43. The number of thiazole rings is 1. The van der Waals surface area contributed by atoms with Crippen LogP contribution in [0.4, 0.5) is 5.13 Å². The summed E-state index contributed by atoms with van der Waals surface area (Å²) in [7, 11) is 1.39. The second-order valence-electron chi connectivity index (χ2n) is 8.46. The number of benzene rings is 3. The molecule has 3 aromatic carbocycles. The highest BCUT2D eigenvalue weighted by Gasteiger charge is 2.37. The fraction of sp³-hybridized carbons (Fsp3) is 0.207. The SMILES string of the molecule is CCP(=S)(CC)OC(=O)/C(=N\OC)c1csc(NC(c2ccccc2)(c2ccccc2)c2ccccc2)n1. The molecule has 0 radical (unpaired) electrons. The van der Waals surface area contributed by atoms with Crippen molar-refractivity contribution in [1.82, 2.24) is 4.98 Å². The standard InChI is InChI=1S/C29H30N3O3PS2/c1-4-36(37,5-2)35-27(33)26(32-34-3)25-21-38-28(30-25)31-29(22-15-9-6-10-16-22,23-17-11-7-12-18-23)24-19-13-8-14-20-24/h6-21H,4-5H2,1-3H3,(H,30,31)/b32-26-. The summed E-state index contributed by atoms with van der Waals surface area (Å²) in [6.07, 6.45) is -1.05. The predicted molar refractivity (Wildman–Crippen MR) is 160 cm³/mol. The fourth-order valence-electron chi connectivity index (χ4n) is 4.21. The molecule has 1 aromatic heterocycles. The number of oxime groups is 1. The summed E-state index contributed by atoms with van der Waals surface area (Å²) < 4.78 is 5.74. The van der Waals surface area contributed by atoms with Gasteiger partial charge >= 0.3 is 5.97 Å². The lowest BCUT2D eigenvalue weighted by Gasteiger charge is -2.36. The molecule has 4 rings (SSSR count). The molecule has 38 heavy (non-hydrogen) atoms. The van der Waals surface area contributed by atoms with Crippen LogP contribution in [0.1, 0.15) is 36.2 Å². The maximum atomic E-state index is 13.1. The van der Waals surface area contributed by atoms with Gasteiger partial charge in [-0.15, -0.1) is 11.3 Å². The van der Waals surface area contributed by atoms with E-state index in [1.54, 1.807) is 5.38 Å². The van der Waals surface area contributed by atoms with Crippen molar-refractivity contribution in [2.75, 3.05) is 24.8 Å². The summed E-state index contributed by atoms with van der Waals surface area (Å²) in [5.41, 5.74) is 2.76. The van der Waals surface area contributed by atoms with Gasteiger partial charge in [-0.2, -0.15) is 0 Å². The molecule has 0 unspecified atom stereocenters. The molecule has 0 amide bonds. The molecule has 0 aliphatic carbocycles. The van der Waals surface area contributed by atoms with Gasteiger partial charge in [0.05, 0.1) is 0 Å². The van der Waals surface area contributed by atoms with Crippen molar-refractivity contribution in [2.24, 2.45) is 5.16 Å². The average molecular weight is 564 g/mol. The molecular formula is C29H30N3O3PS2. The van der Waals surface area contributed by atoms with E-state index in [4.69, 9.17) is 26.2 Å². The highest BCUT2D eigenvalue weighted by Crippen LogP contribution is 2.47. The van der Waals surface area contributed by atoms with Gasteiger partial charge in [-0.25, -0.2) is 9.78 Å². The maximum Gasteiger partial charge on any atom is 0.366 e. The van der Waals surface area contributed by atoms with E-state index in [1.807, 2.05) is 68.4 Å². The molecule has 9 heteroatoms. The van der Waals surface area contributed by atoms with E-state index in [9.17, 15) is 4.79 Å². The highest BCUT2D eigenvalue weighted by atomic mass is 32.4. The van der Waals surface area contributed by atoms with Gasteiger partial charge in [0.2, 0.25) is 5.71 Å². The Morgan fingerprint density at radius 1 is 0.921 bits per heavy atom. The predicted octanol–water partition coefficient (Wildman–Crippen LogP) is 6.88. The van der Waals surface area contributed by atoms with Crippen LogP contribution in [-0.2, 0) is 31.5 Å². The number of hydrogen-bond acceptors (Lipinski definition) is 8. The van der Waals surface area contributed by atoms with Crippen molar-refractivity contribution in [3.8, 4) is 0 Å². The number of nitrogens with zero attached hydrogens (tertiary/aromatic N) is 2. The number of hydrogen-bond donors (Lipinski definition) is 1. The van der Waals surface area contributed by atoms with E-state index in [0.29, 0.717) is 23.1 Å². The molecule has 6 nitrogen and oxygen atoms in total. The number of aromatic nitrogens is 1. The third kappa shape index (κ3) is 5.88. The second kappa shape index (κ2) is 12.5. The Morgan fingerprint density at radius 2 is 1.39 bits per heavy atom. The summed E-state index contributed by atoms with van der Waals surface area (Å²) >= 11 is 6.99. The van der Waals surface area contributed by atoms with E-state index in [2.05, 4.69) is 46.9 Å². The maximum absolute atomic E-state index is 13.1. The van der Waals surface area contributed by atoms with Crippen LogP contribution in [0.2, 0.25) is 0 Å². The third-order valence-electron chi connectivity index (χ3n) is 6.25. The monoisotopic (exact) mass is 563 g/mol. The van der Waals surface area contributed by atoms with E-state index >= 15 is 0 Å². The molecule has 0 spiro atoms. The third-order valence-corrected chi connectivity index (χ3v) is 11.2. The first-order valence-electron chi connectivity index (χ1n) is 12.3.